The molecule has 0 amide bonds. The molecule has 0 aliphatic rings. The zero-order chi connectivity index (χ0) is 10.7. The predicted molar refractivity (Wildman–Crippen MR) is 63.9 cm³/mol. The van der Waals surface area contributed by atoms with Crippen molar-refractivity contribution in [3.05, 3.63) is 34.6 Å². The van der Waals surface area contributed by atoms with Gasteiger partial charge in [0.25, 0.3) is 0 Å². The minimum Gasteiger partial charge on any atom is -1.00 e. The summed E-state index contributed by atoms with van der Waals surface area (Å²) in [5.41, 5.74) is 2.56. The number of halogens is 1. The van der Waals surface area contributed by atoms with Gasteiger partial charge in [0.05, 0.1) is 0 Å². The molecule has 0 bridgehead atoms. The Morgan fingerprint density at radius 1 is 1.31 bits per heavy atom. The Bertz CT molecular complexity index is 501. The van der Waals surface area contributed by atoms with Crippen molar-refractivity contribution in [2.24, 2.45) is 0 Å². The van der Waals surface area contributed by atoms with Crippen LogP contribution in [-0.2, 0) is 0 Å². The minimum atomic E-state index is 0. The molecule has 0 radical (unpaired) electrons. The molecular weight excluding hydrogens is 351 g/mol. The van der Waals surface area contributed by atoms with E-state index in [4.69, 9.17) is 0 Å². The standard InChI is InChI=1S/C11H12N2SSe.BrH/c1-3-12-11-13-10(15-14-11)9-6-4-8(2)5-7-9;/h4-7H,3H2,1-2H3;1H. The van der Waals surface area contributed by atoms with Crippen LogP contribution >= 0.6 is 9.72 Å². The Kier molecular flexibility index (Phi) is 5.62. The maximum Gasteiger partial charge on any atom is -1.00 e. The molecule has 2 rings (SSSR count). The van der Waals surface area contributed by atoms with Crippen molar-refractivity contribution in [2.75, 3.05) is 6.54 Å². The van der Waals surface area contributed by atoms with Crippen molar-refractivity contribution in [1.82, 2.24) is 4.98 Å². The van der Waals surface area contributed by atoms with Gasteiger partial charge in [-0.2, -0.15) is 0 Å². The van der Waals surface area contributed by atoms with E-state index in [1.54, 1.807) is 0 Å². The summed E-state index contributed by atoms with van der Waals surface area (Å²) < 4.78 is 1.24. The van der Waals surface area contributed by atoms with Gasteiger partial charge in [0, 0.05) is 0 Å². The smallest absolute Gasteiger partial charge is 1.00 e. The number of nitrogens with one attached hydrogen (secondary N) is 1. The first-order valence-corrected chi connectivity index (χ1v) is 8.60. The number of aromatic nitrogens is 1. The van der Waals surface area contributed by atoms with E-state index in [2.05, 4.69) is 48.1 Å². The average Bonchev–Trinajstić information content (AvgIpc) is 2.68. The summed E-state index contributed by atoms with van der Waals surface area (Å²) in [7, 11) is 1.84. The van der Waals surface area contributed by atoms with Gasteiger partial charge in [-0.3, -0.25) is 0 Å². The van der Waals surface area contributed by atoms with Gasteiger partial charge in [-0.05, 0) is 0 Å². The third kappa shape index (κ3) is 3.39. The summed E-state index contributed by atoms with van der Waals surface area (Å²) in [4.78, 5) is 8.93. The molecule has 0 atom stereocenters. The van der Waals surface area contributed by atoms with Crippen LogP contribution < -0.4 is 26.8 Å². The molecule has 0 spiro atoms. The summed E-state index contributed by atoms with van der Waals surface area (Å²) in [6.07, 6.45) is 0. The zero-order valence-electron chi connectivity index (χ0n) is 9.16. The molecular formula is C11H13BrN2SSe. The van der Waals surface area contributed by atoms with E-state index in [1.807, 2.05) is 9.72 Å². The maximum atomic E-state index is 4.59. The van der Waals surface area contributed by atoms with Crippen molar-refractivity contribution < 1.29 is 22.0 Å². The Morgan fingerprint density at radius 2 is 2.00 bits per heavy atom. The molecule has 0 fully saturated rings. The molecule has 5 heteroatoms. The first-order valence-electron chi connectivity index (χ1n) is 4.90. The van der Waals surface area contributed by atoms with Crippen LogP contribution in [0.1, 0.15) is 12.5 Å². The Hall–Kier alpha value is -0.221. The molecule has 1 heterocycles. The Labute approximate surface area is 115 Å². The second-order valence-electron chi connectivity index (χ2n) is 3.29. The first-order chi connectivity index (χ1) is 7.29. The van der Waals surface area contributed by atoms with Crippen LogP contribution in [-0.4, -0.2) is 24.9 Å². The van der Waals surface area contributed by atoms with E-state index in [-0.39, 0.29) is 17.0 Å². The largest absolute Gasteiger partial charge is 1.00 e. The average molecular weight is 364 g/mol. The fourth-order valence-corrected chi connectivity index (χ4v) is 4.91. The van der Waals surface area contributed by atoms with Crippen LogP contribution in [0.4, 0.5) is 0 Å². The van der Waals surface area contributed by atoms with Crippen LogP contribution in [0.5, 0.6) is 0 Å². The van der Waals surface area contributed by atoms with Gasteiger partial charge in [-0.25, -0.2) is 0 Å². The second kappa shape index (κ2) is 6.50. The summed E-state index contributed by atoms with van der Waals surface area (Å²) >= 11 is 0.423. The molecule has 1 N–H and O–H groups in total. The third-order valence-electron chi connectivity index (χ3n) is 2.03. The van der Waals surface area contributed by atoms with Crippen molar-refractivity contribution in [3.8, 4) is 10.1 Å². The molecule has 0 saturated carbocycles. The first kappa shape index (κ1) is 13.8. The van der Waals surface area contributed by atoms with Gasteiger partial charge < -0.3 is 17.0 Å². The van der Waals surface area contributed by atoms with E-state index in [0.717, 1.165) is 11.3 Å². The topological polar surface area (TPSA) is 26.9 Å². The molecule has 1 aromatic carbocycles. The van der Waals surface area contributed by atoms with Crippen molar-refractivity contribution >= 4 is 23.1 Å². The number of nitrogens with zero attached hydrogens (tertiary/aromatic N) is 1. The summed E-state index contributed by atoms with van der Waals surface area (Å²) in [6, 6.07) is 8.60. The van der Waals surface area contributed by atoms with Crippen molar-refractivity contribution in [3.63, 3.8) is 0 Å². The molecule has 0 aliphatic heterocycles. The number of hydrogen-bond donors (Lipinski definition) is 1. The maximum absolute atomic E-state index is 4.59. The Balaban J connectivity index is 0.00000128. The van der Waals surface area contributed by atoms with E-state index in [0.29, 0.717) is 13.3 Å². The summed E-state index contributed by atoms with van der Waals surface area (Å²) in [5.74, 6) is 0. The van der Waals surface area contributed by atoms with Gasteiger partial charge in [0.2, 0.25) is 0 Å². The number of aryl methyl sites for hydroxylation is 1. The van der Waals surface area contributed by atoms with E-state index < -0.39 is 0 Å². The molecule has 16 heavy (non-hydrogen) atoms. The van der Waals surface area contributed by atoms with Gasteiger partial charge in [0.15, 0.2) is 0 Å². The van der Waals surface area contributed by atoms with E-state index in [1.165, 1.54) is 15.7 Å². The van der Waals surface area contributed by atoms with Crippen LogP contribution in [0, 0.1) is 6.92 Å². The number of benzene rings is 1. The monoisotopic (exact) mass is 364 g/mol. The van der Waals surface area contributed by atoms with Crippen LogP contribution in [0.25, 0.3) is 10.1 Å². The van der Waals surface area contributed by atoms with Crippen molar-refractivity contribution in [1.29, 1.82) is 0 Å². The molecule has 86 valence electrons. The normalized spacial score (nSPS) is 11.2. The molecule has 2 nitrogen and oxygen atoms in total. The fraction of sp³-hybridized carbons (Fsp3) is 0.273. The fourth-order valence-electron chi connectivity index (χ4n) is 1.24. The zero-order valence-corrected chi connectivity index (χ0v) is 13.3. The molecule has 2 aromatic rings. The molecule has 0 unspecified atom stereocenters. The Morgan fingerprint density at radius 3 is 2.62 bits per heavy atom. The SMILES string of the molecule is CC[NH+]=c1nc(-c2ccc(C)cc2)[se]s1.[Br-]. The van der Waals surface area contributed by atoms with Gasteiger partial charge in [0.1, 0.15) is 0 Å². The quantitative estimate of drug-likeness (QED) is 0.572. The molecule has 1 aromatic heterocycles. The van der Waals surface area contributed by atoms with Gasteiger partial charge in [-0.15, -0.1) is 0 Å². The van der Waals surface area contributed by atoms with Crippen LogP contribution in [0.3, 0.4) is 0 Å². The predicted octanol–water partition coefficient (Wildman–Crippen LogP) is -2.82. The molecule has 0 aliphatic carbocycles. The van der Waals surface area contributed by atoms with Crippen LogP contribution in [0.2, 0.25) is 0 Å². The van der Waals surface area contributed by atoms with Gasteiger partial charge >= 0.3 is 98.2 Å². The number of rotatable bonds is 2. The minimum absolute atomic E-state index is 0. The summed E-state index contributed by atoms with van der Waals surface area (Å²) in [6.45, 7) is 5.15. The van der Waals surface area contributed by atoms with E-state index >= 15 is 0 Å². The second-order valence-corrected chi connectivity index (χ2v) is 6.91. The molecule has 0 saturated heterocycles. The third-order valence-corrected chi connectivity index (χ3v) is 5.86. The van der Waals surface area contributed by atoms with E-state index in [9.17, 15) is 0 Å². The number of hydrogen-bond acceptors (Lipinski definition) is 2. The van der Waals surface area contributed by atoms with Crippen molar-refractivity contribution in [2.45, 2.75) is 13.8 Å². The summed E-state index contributed by atoms with van der Waals surface area (Å²) in [5, 5.41) is 0. The van der Waals surface area contributed by atoms with Crippen LogP contribution in [0.15, 0.2) is 24.3 Å². The van der Waals surface area contributed by atoms with Gasteiger partial charge in [-0.1, -0.05) is 0 Å².